The van der Waals surface area contributed by atoms with Crippen LogP contribution in [0.5, 0.6) is 11.5 Å². The molecular formula is C28H40N4O7S. The van der Waals surface area contributed by atoms with Crippen molar-refractivity contribution in [2.45, 2.75) is 57.2 Å². The Morgan fingerprint density at radius 1 is 1.20 bits per heavy atom. The van der Waals surface area contributed by atoms with Crippen LogP contribution >= 0.6 is 0 Å². The minimum atomic E-state index is -3.85. The summed E-state index contributed by atoms with van der Waals surface area (Å²) >= 11 is 0. The molecule has 2 aromatic rings. The molecule has 0 aliphatic carbocycles. The number of carbonyl (C=O) groups is 2. The number of rotatable bonds is 9. The van der Waals surface area contributed by atoms with Gasteiger partial charge in [-0.05, 0) is 63.2 Å². The zero-order valence-electron chi connectivity index (χ0n) is 23.9. The number of nitrogens with zero attached hydrogens (tertiary/aromatic N) is 2. The fraction of sp³-hybridized carbons (Fsp3) is 0.500. The number of aliphatic hydroxyl groups is 1. The summed E-state index contributed by atoms with van der Waals surface area (Å²) in [5.41, 5.74) is 1.03. The average Bonchev–Trinajstić information content (AvgIpc) is 2.95. The predicted octanol–water partition coefficient (Wildman–Crippen LogP) is 2.69. The fourth-order valence-electron chi connectivity index (χ4n) is 4.43. The van der Waals surface area contributed by atoms with Gasteiger partial charge in [0.15, 0.2) is 0 Å². The number of likely N-dealkylation sites (N-methyl/N-ethyl adjacent to an activating group) is 1. The number of hydrogen-bond donors (Lipinski definition) is 3. The van der Waals surface area contributed by atoms with Crippen molar-refractivity contribution in [3.05, 3.63) is 48.0 Å². The van der Waals surface area contributed by atoms with E-state index in [4.69, 9.17) is 9.47 Å². The van der Waals surface area contributed by atoms with Gasteiger partial charge in [0.2, 0.25) is 15.9 Å². The molecule has 0 unspecified atom stereocenters. The molecular weight excluding hydrogens is 536 g/mol. The molecule has 0 saturated heterocycles. The van der Waals surface area contributed by atoms with Crippen molar-refractivity contribution >= 4 is 27.6 Å². The van der Waals surface area contributed by atoms with E-state index in [1.807, 2.05) is 20.8 Å². The summed E-state index contributed by atoms with van der Waals surface area (Å²) in [5, 5.41) is 15.4. The van der Waals surface area contributed by atoms with Crippen LogP contribution < -0.4 is 20.1 Å². The van der Waals surface area contributed by atoms with Crippen molar-refractivity contribution in [2.75, 3.05) is 39.2 Å². The van der Waals surface area contributed by atoms with Gasteiger partial charge < -0.3 is 30.1 Å². The predicted molar refractivity (Wildman–Crippen MR) is 152 cm³/mol. The van der Waals surface area contributed by atoms with Crippen LogP contribution in [-0.2, 0) is 21.2 Å². The lowest BCUT2D eigenvalue weighted by Gasteiger charge is -2.33. The standard InChI is InChI=1S/C28H40N4O7S/c1-18(2)29-28(35)30-22-7-12-25-21(13-22)14-27(34)32(20(4)17-33)15-19(3)26(39-25)16-31(5)40(36,37)24-10-8-23(38-6)9-11-24/h7-13,18-20,26,33H,14-17H2,1-6H3,(H2,29,30,35)/t19-,20+,26+/m1/s1. The quantitative estimate of drug-likeness (QED) is 0.417. The molecule has 3 N–H and O–H groups in total. The van der Waals surface area contributed by atoms with Gasteiger partial charge in [-0.2, -0.15) is 4.31 Å². The third-order valence-electron chi connectivity index (χ3n) is 6.80. The van der Waals surface area contributed by atoms with Gasteiger partial charge in [-0.25, -0.2) is 13.2 Å². The van der Waals surface area contributed by atoms with Crippen LogP contribution in [0.15, 0.2) is 47.4 Å². The molecule has 0 radical (unpaired) electrons. The summed E-state index contributed by atoms with van der Waals surface area (Å²) in [6.07, 6.45) is -0.639. The molecule has 1 aliphatic rings. The number of amides is 3. The Balaban J connectivity index is 1.94. The number of ether oxygens (including phenoxy) is 2. The maximum absolute atomic E-state index is 13.4. The van der Waals surface area contributed by atoms with Crippen molar-refractivity contribution in [3.8, 4) is 11.5 Å². The topological polar surface area (TPSA) is 138 Å². The van der Waals surface area contributed by atoms with Crippen molar-refractivity contribution in [1.29, 1.82) is 0 Å². The molecule has 3 atom stereocenters. The van der Waals surface area contributed by atoms with Crippen LogP contribution in [0.3, 0.4) is 0 Å². The van der Waals surface area contributed by atoms with Gasteiger partial charge >= 0.3 is 6.03 Å². The van der Waals surface area contributed by atoms with E-state index in [1.165, 1.54) is 30.6 Å². The summed E-state index contributed by atoms with van der Waals surface area (Å²) in [6.45, 7) is 7.40. The zero-order chi connectivity index (χ0) is 29.6. The molecule has 0 aromatic heterocycles. The molecule has 2 aromatic carbocycles. The number of methoxy groups -OCH3 is 1. The van der Waals surface area contributed by atoms with Gasteiger partial charge in [-0.3, -0.25) is 4.79 Å². The van der Waals surface area contributed by atoms with Crippen LogP contribution in [-0.4, -0.2) is 86.7 Å². The van der Waals surface area contributed by atoms with E-state index in [-0.39, 0.29) is 54.9 Å². The normalized spacial score (nSPS) is 18.7. The monoisotopic (exact) mass is 576 g/mol. The van der Waals surface area contributed by atoms with Crippen molar-refractivity contribution in [1.82, 2.24) is 14.5 Å². The Bertz CT molecular complexity index is 1280. The first kappa shape index (κ1) is 31.2. The minimum absolute atomic E-state index is 0.0135. The number of carbonyl (C=O) groups excluding carboxylic acids is 2. The second kappa shape index (κ2) is 13.3. The Morgan fingerprint density at radius 3 is 2.48 bits per heavy atom. The largest absolute Gasteiger partial charge is 0.497 e. The number of hydrogen-bond acceptors (Lipinski definition) is 7. The van der Waals surface area contributed by atoms with E-state index in [1.54, 1.807) is 42.2 Å². The number of sulfonamides is 1. The molecule has 0 fully saturated rings. The van der Waals surface area contributed by atoms with E-state index in [9.17, 15) is 23.1 Å². The molecule has 0 saturated carbocycles. The number of benzene rings is 2. The Labute approximate surface area is 236 Å². The molecule has 0 spiro atoms. The summed E-state index contributed by atoms with van der Waals surface area (Å²) < 4.78 is 39.5. The Morgan fingerprint density at radius 2 is 1.88 bits per heavy atom. The lowest BCUT2D eigenvalue weighted by Crippen LogP contribution is -2.48. The maximum atomic E-state index is 13.4. The number of urea groups is 1. The van der Waals surface area contributed by atoms with Crippen molar-refractivity contribution in [2.24, 2.45) is 5.92 Å². The zero-order valence-corrected chi connectivity index (χ0v) is 24.7. The van der Waals surface area contributed by atoms with Gasteiger partial charge in [-0.15, -0.1) is 0 Å². The smallest absolute Gasteiger partial charge is 0.319 e. The lowest BCUT2D eigenvalue weighted by atomic mass is 10.0. The minimum Gasteiger partial charge on any atom is -0.497 e. The average molecular weight is 577 g/mol. The van der Waals surface area contributed by atoms with Gasteiger partial charge in [0.25, 0.3) is 0 Å². The third kappa shape index (κ3) is 7.64. The third-order valence-corrected chi connectivity index (χ3v) is 8.64. The number of fused-ring (bicyclic) bond motifs is 1. The van der Waals surface area contributed by atoms with E-state index in [0.29, 0.717) is 22.7 Å². The van der Waals surface area contributed by atoms with Gasteiger partial charge in [0.1, 0.15) is 17.6 Å². The van der Waals surface area contributed by atoms with Crippen molar-refractivity contribution in [3.63, 3.8) is 0 Å². The first-order valence-electron chi connectivity index (χ1n) is 13.2. The molecule has 0 bridgehead atoms. The maximum Gasteiger partial charge on any atom is 0.319 e. The molecule has 12 heteroatoms. The molecule has 1 heterocycles. The summed E-state index contributed by atoms with van der Waals surface area (Å²) in [6, 6.07) is 10.3. The number of anilines is 1. The highest BCUT2D eigenvalue weighted by atomic mass is 32.2. The number of aliphatic hydroxyl groups excluding tert-OH is 1. The van der Waals surface area contributed by atoms with Gasteiger partial charge in [-0.1, -0.05) is 6.92 Å². The first-order valence-corrected chi connectivity index (χ1v) is 14.7. The molecule has 3 rings (SSSR count). The SMILES string of the molecule is COc1ccc(S(=O)(=O)N(C)C[C@@H]2Oc3ccc(NC(=O)NC(C)C)cc3CC(=O)N([C@@H](C)CO)C[C@H]2C)cc1. The van der Waals surface area contributed by atoms with Gasteiger partial charge in [0, 0.05) is 36.8 Å². The summed E-state index contributed by atoms with van der Waals surface area (Å²) in [4.78, 5) is 27.3. The van der Waals surface area contributed by atoms with E-state index in [0.717, 1.165) is 0 Å². The van der Waals surface area contributed by atoms with E-state index < -0.39 is 22.2 Å². The van der Waals surface area contributed by atoms with Gasteiger partial charge in [0.05, 0.1) is 37.6 Å². The van der Waals surface area contributed by atoms with Crippen LogP contribution in [0.2, 0.25) is 0 Å². The first-order chi connectivity index (χ1) is 18.8. The lowest BCUT2D eigenvalue weighted by molar-refractivity contribution is -0.134. The molecule has 220 valence electrons. The summed E-state index contributed by atoms with van der Waals surface area (Å²) in [7, 11) is -0.850. The molecule has 11 nitrogen and oxygen atoms in total. The highest BCUT2D eigenvalue weighted by Crippen LogP contribution is 2.30. The van der Waals surface area contributed by atoms with Crippen LogP contribution in [0, 0.1) is 5.92 Å². The van der Waals surface area contributed by atoms with Crippen molar-refractivity contribution < 1.29 is 32.6 Å². The van der Waals surface area contributed by atoms with Crippen LogP contribution in [0.25, 0.3) is 0 Å². The van der Waals surface area contributed by atoms with Crippen LogP contribution in [0.1, 0.15) is 33.3 Å². The fourth-order valence-corrected chi connectivity index (χ4v) is 5.62. The highest BCUT2D eigenvalue weighted by Gasteiger charge is 2.33. The molecule has 3 amide bonds. The Hall–Kier alpha value is -3.35. The van der Waals surface area contributed by atoms with Crippen LogP contribution in [0.4, 0.5) is 10.5 Å². The summed E-state index contributed by atoms with van der Waals surface area (Å²) in [5.74, 6) is 0.479. The second-order valence-electron chi connectivity index (χ2n) is 10.4. The Kier molecular flexibility index (Phi) is 10.4. The van der Waals surface area contributed by atoms with E-state index in [2.05, 4.69) is 10.6 Å². The van der Waals surface area contributed by atoms with E-state index >= 15 is 0 Å². The highest BCUT2D eigenvalue weighted by molar-refractivity contribution is 7.89. The molecule has 40 heavy (non-hydrogen) atoms. The number of nitrogens with one attached hydrogen (secondary N) is 2. The second-order valence-corrected chi connectivity index (χ2v) is 12.5. The molecule has 1 aliphatic heterocycles.